The maximum atomic E-state index is 10.4. The van der Waals surface area contributed by atoms with Gasteiger partial charge in [-0.15, -0.1) is 0 Å². The van der Waals surface area contributed by atoms with Gasteiger partial charge in [0.2, 0.25) is 0 Å². The third-order valence-corrected chi connectivity index (χ3v) is 4.44. The Balaban J connectivity index is 1.64. The van der Waals surface area contributed by atoms with Gasteiger partial charge in [-0.05, 0) is 45.7 Å². The minimum absolute atomic E-state index is 0.414. The molecule has 1 atom stereocenters. The minimum atomic E-state index is -0.414. The minimum Gasteiger partial charge on any atom is -0.389 e. The summed E-state index contributed by atoms with van der Waals surface area (Å²) in [7, 11) is 0. The maximum Gasteiger partial charge on any atom is 0.0771 e. The van der Waals surface area contributed by atoms with Crippen LogP contribution in [0.4, 0.5) is 0 Å². The molecule has 0 amide bonds. The van der Waals surface area contributed by atoms with Gasteiger partial charge in [-0.1, -0.05) is 19.3 Å². The summed E-state index contributed by atoms with van der Waals surface area (Å²) < 4.78 is 0. The van der Waals surface area contributed by atoms with E-state index < -0.39 is 5.60 Å². The quantitative estimate of drug-likeness (QED) is 0.768. The summed E-state index contributed by atoms with van der Waals surface area (Å²) in [5, 5.41) is 13.9. The SMILES string of the molecule is CC(CNCC1(O)CCCCC1)N1CCCC1. The first-order valence-electron chi connectivity index (χ1n) is 7.37. The molecule has 0 radical (unpaired) electrons. The molecule has 1 aliphatic heterocycles. The van der Waals surface area contributed by atoms with E-state index in [0.29, 0.717) is 6.04 Å². The van der Waals surface area contributed by atoms with E-state index in [0.717, 1.165) is 25.9 Å². The molecule has 0 spiro atoms. The molecule has 1 saturated carbocycles. The number of nitrogens with one attached hydrogen (secondary N) is 1. The van der Waals surface area contributed by atoms with Crippen LogP contribution in [-0.2, 0) is 0 Å². The van der Waals surface area contributed by atoms with Gasteiger partial charge in [0.1, 0.15) is 0 Å². The average Bonchev–Trinajstić information content (AvgIpc) is 2.83. The Morgan fingerprint density at radius 1 is 1.12 bits per heavy atom. The van der Waals surface area contributed by atoms with Crippen LogP contribution in [0.2, 0.25) is 0 Å². The standard InChI is InChI=1S/C14H28N2O/c1-13(16-9-5-6-10-16)11-15-12-14(17)7-3-2-4-8-14/h13,15,17H,2-12H2,1H3. The van der Waals surface area contributed by atoms with Crippen molar-refractivity contribution in [3.63, 3.8) is 0 Å². The van der Waals surface area contributed by atoms with Crippen LogP contribution in [0, 0.1) is 0 Å². The zero-order chi connectivity index (χ0) is 12.1. The summed E-state index contributed by atoms with van der Waals surface area (Å²) in [6, 6.07) is 0.615. The molecule has 0 aromatic rings. The van der Waals surface area contributed by atoms with E-state index in [1.54, 1.807) is 0 Å². The van der Waals surface area contributed by atoms with Gasteiger partial charge in [0.05, 0.1) is 5.60 Å². The molecular formula is C14H28N2O. The Kier molecular flexibility index (Phi) is 4.83. The van der Waals surface area contributed by atoms with Crippen LogP contribution >= 0.6 is 0 Å². The molecule has 17 heavy (non-hydrogen) atoms. The van der Waals surface area contributed by atoms with Gasteiger partial charge in [-0.2, -0.15) is 0 Å². The maximum absolute atomic E-state index is 10.4. The van der Waals surface area contributed by atoms with Gasteiger partial charge in [0.25, 0.3) is 0 Å². The van der Waals surface area contributed by atoms with E-state index in [1.807, 2.05) is 0 Å². The van der Waals surface area contributed by atoms with Crippen molar-refractivity contribution in [1.82, 2.24) is 10.2 Å². The topological polar surface area (TPSA) is 35.5 Å². The van der Waals surface area contributed by atoms with Gasteiger partial charge < -0.3 is 10.4 Å². The molecule has 0 bridgehead atoms. The summed E-state index contributed by atoms with van der Waals surface area (Å²) in [4.78, 5) is 2.55. The molecule has 1 aliphatic carbocycles. The highest BCUT2D eigenvalue weighted by Gasteiger charge is 2.28. The summed E-state index contributed by atoms with van der Waals surface area (Å²) >= 11 is 0. The van der Waals surface area contributed by atoms with Crippen LogP contribution in [0.1, 0.15) is 51.9 Å². The third kappa shape index (κ3) is 3.94. The van der Waals surface area contributed by atoms with Gasteiger partial charge in [0, 0.05) is 19.1 Å². The van der Waals surface area contributed by atoms with Gasteiger partial charge in [0.15, 0.2) is 0 Å². The summed E-state index contributed by atoms with van der Waals surface area (Å²) in [5.74, 6) is 0. The fourth-order valence-corrected chi connectivity index (χ4v) is 3.21. The lowest BCUT2D eigenvalue weighted by Gasteiger charge is -2.33. The first kappa shape index (κ1) is 13.3. The molecule has 3 nitrogen and oxygen atoms in total. The van der Waals surface area contributed by atoms with E-state index in [9.17, 15) is 5.11 Å². The van der Waals surface area contributed by atoms with E-state index in [2.05, 4.69) is 17.1 Å². The molecule has 1 unspecified atom stereocenters. The van der Waals surface area contributed by atoms with Crippen LogP contribution in [0.3, 0.4) is 0 Å². The highest BCUT2D eigenvalue weighted by atomic mass is 16.3. The van der Waals surface area contributed by atoms with Crippen molar-refractivity contribution in [3.8, 4) is 0 Å². The van der Waals surface area contributed by atoms with Crippen LogP contribution < -0.4 is 5.32 Å². The predicted octanol–water partition coefficient (Wildman–Crippen LogP) is 1.76. The number of hydrogen-bond acceptors (Lipinski definition) is 3. The molecule has 2 N–H and O–H groups in total. The van der Waals surface area contributed by atoms with E-state index in [-0.39, 0.29) is 0 Å². The number of aliphatic hydroxyl groups is 1. The molecule has 2 rings (SSSR count). The van der Waals surface area contributed by atoms with Crippen LogP contribution in [0.15, 0.2) is 0 Å². The lowest BCUT2D eigenvalue weighted by atomic mass is 9.85. The largest absolute Gasteiger partial charge is 0.389 e. The normalized spacial score (nSPS) is 27.2. The molecule has 1 heterocycles. The molecule has 1 saturated heterocycles. The Morgan fingerprint density at radius 3 is 2.41 bits per heavy atom. The number of rotatable bonds is 5. The predicted molar refractivity (Wildman–Crippen MR) is 71.2 cm³/mol. The molecular weight excluding hydrogens is 212 g/mol. The second kappa shape index (κ2) is 6.17. The van der Waals surface area contributed by atoms with Crippen molar-refractivity contribution in [1.29, 1.82) is 0 Å². The van der Waals surface area contributed by atoms with Crippen molar-refractivity contribution in [2.45, 2.75) is 63.5 Å². The molecule has 100 valence electrons. The lowest BCUT2D eigenvalue weighted by Crippen LogP contribution is -2.46. The highest BCUT2D eigenvalue weighted by Crippen LogP contribution is 2.27. The Morgan fingerprint density at radius 2 is 1.76 bits per heavy atom. The molecule has 2 aliphatic rings. The van der Waals surface area contributed by atoms with Crippen molar-refractivity contribution in [2.75, 3.05) is 26.2 Å². The smallest absolute Gasteiger partial charge is 0.0771 e. The Bertz CT molecular complexity index is 220. The Hall–Kier alpha value is -0.120. The van der Waals surface area contributed by atoms with Gasteiger partial charge >= 0.3 is 0 Å². The summed E-state index contributed by atoms with van der Waals surface area (Å²) in [6.07, 6.45) is 8.37. The van der Waals surface area contributed by atoms with E-state index >= 15 is 0 Å². The van der Waals surface area contributed by atoms with Gasteiger partial charge in [-0.25, -0.2) is 0 Å². The molecule has 2 fully saturated rings. The first-order valence-corrected chi connectivity index (χ1v) is 7.37. The zero-order valence-corrected chi connectivity index (χ0v) is 11.2. The summed E-state index contributed by atoms with van der Waals surface area (Å²) in [6.45, 7) is 6.61. The molecule has 0 aromatic heterocycles. The number of nitrogens with zero attached hydrogens (tertiary/aromatic N) is 1. The zero-order valence-electron chi connectivity index (χ0n) is 11.2. The number of likely N-dealkylation sites (tertiary alicyclic amines) is 1. The number of hydrogen-bond donors (Lipinski definition) is 2. The molecule has 3 heteroatoms. The second-order valence-corrected chi connectivity index (χ2v) is 6.01. The van der Waals surface area contributed by atoms with Crippen molar-refractivity contribution in [3.05, 3.63) is 0 Å². The van der Waals surface area contributed by atoms with Crippen LogP contribution in [0.25, 0.3) is 0 Å². The average molecular weight is 240 g/mol. The van der Waals surface area contributed by atoms with Crippen molar-refractivity contribution >= 4 is 0 Å². The fraction of sp³-hybridized carbons (Fsp3) is 1.00. The van der Waals surface area contributed by atoms with E-state index in [1.165, 1.54) is 45.2 Å². The highest BCUT2D eigenvalue weighted by molar-refractivity contribution is 4.85. The monoisotopic (exact) mass is 240 g/mol. The van der Waals surface area contributed by atoms with Crippen LogP contribution in [0.5, 0.6) is 0 Å². The fourth-order valence-electron chi connectivity index (χ4n) is 3.21. The summed E-state index contributed by atoms with van der Waals surface area (Å²) in [5.41, 5.74) is -0.414. The Labute approximate surface area is 106 Å². The van der Waals surface area contributed by atoms with Crippen molar-refractivity contribution < 1.29 is 5.11 Å². The molecule has 0 aromatic carbocycles. The lowest BCUT2D eigenvalue weighted by molar-refractivity contribution is 0.00397. The van der Waals surface area contributed by atoms with Crippen LogP contribution in [-0.4, -0.2) is 47.8 Å². The first-order chi connectivity index (χ1) is 8.20. The third-order valence-electron chi connectivity index (χ3n) is 4.44. The second-order valence-electron chi connectivity index (χ2n) is 6.01. The van der Waals surface area contributed by atoms with Gasteiger partial charge in [-0.3, -0.25) is 4.90 Å². The van der Waals surface area contributed by atoms with Crippen molar-refractivity contribution in [2.24, 2.45) is 0 Å². The van der Waals surface area contributed by atoms with E-state index in [4.69, 9.17) is 0 Å².